The van der Waals surface area contributed by atoms with Gasteiger partial charge in [-0.15, -0.1) is 0 Å². The van der Waals surface area contributed by atoms with Crippen LogP contribution >= 0.6 is 0 Å². The largest absolute Gasteiger partial charge is 0.484 e. The van der Waals surface area contributed by atoms with E-state index in [1.807, 2.05) is 56.3 Å². The number of hydrogen-bond donors (Lipinski definition) is 1. The minimum absolute atomic E-state index is 0.226. The van der Waals surface area contributed by atoms with Gasteiger partial charge in [-0.05, 0) is 43.7 Å². The molecule has 0 saturated carbocycles. The summed E-state index contributed by atoms with van der Waals surface area (Å²) in [6.07, 6.45) is 2.71. The molecule has 29 heavy (non-hydrogen) atoms. The van der Waals surface area contributed by atoms with Crippen LogP contribution in [0.5, 0.6) is 5.75 Å². The van der Waals surface area contributed by atoms with E-state index in [0.29, 0.717) is 16.8 Å². The number of rotatable bonds is 5. The molecular formula is C21H19N5O3. The summed E-state index contributed by atoms with van der Waals surface area (Å²) >= 11 is 0. The van der Waals surface area contributed by atoms with Crippen LogP contribution in [0.4, 0.5) is 0 Å². The predicted molar refractivity (Wildman–Crippen MR) is 109 cm³/mol. The van der Waals surface area contributed by atoms with E-state index >= 15 is 0 Å². The van der Waals surface area contributed by atoms with Crippen molar-refractivity contribution >= 4 is 16.9 Å². The number of ether oxygens (including phenoxy) is 1. The van der Waals surface area contributed by atoms with Crippen LogP contribution in [0.1, 0.15) is 11.1 Å². The SMILES string of the molecule is Cc1ccc(-n2ncc3c(=O)n(NC(=O)COc4cccc(C)c4)cnc32)cc1. The minimum atomic E-state index is -0.472. The Labute approximate surface area is 166 Å². The van der Waals surface area contributed by atoms with Crippen LogP contribution in [-0.4, -0.2) is 32.0 Å². The van der Waals surface area contributed by atoms with Crippen molar-refractivity contribution in [3.8, 4) is 11.4 Å². The Morgan fingerprint density at radius 2 is 1.90 bits per heavy atom. The highest BCUT2D eigenvalue weighted by Crippen LogP contribution is 2.14. The zero-order valence-electron chi connectivity index (χ0n) is 16.0. The van der Waals surface area contributed by atoms with E-state index in [1.54, 1.807) is 10.7 Å². The van der Waals surface area contributed by atoms with Gasteiger partial charge in [-0.1, -0.05) is 29.8 Å². The van der Waals surface area contributed by atoms with Gasteiger partial charge in [-0.25, -0.2) is 14.3 Å². The molecule has 8 nitrogen and oxygen atoms in total. The van der Waals surface area contributed by atoms with Crippen LogP contribution < -0.4 is 15.7 Å². The Balaban J connectivity index is 1.53. The van der Waals surface area contributed by atoms with Gasteiger partial charge in [0.05, 0.1) is 11.9 Å². The zero-order chi connectivity index (χ0) is 20.4. The topological polar surface area (TPSA) is 91.0 Å². The number of aryl methyl sites for hydroxylation is 2. The molecule has 0 bridgehead atoms. The van der Waals surface area contributed by atoms with Crippen molar-refractivity contribution in [3.63, 3.8) is 0 Å². The third-order valence-electron chi connectivity index (χ3n) is 4.37. The Kier molecular flexibility index (Phi) is 4.82. The molecule has 0 atom stereocenters. The fraction of sp³-hybridized carbons (Fsp3) is 0.143. The van der Waals surface area contributed by atoms with Gasteiger partial charge in [0.2, 0.25) is 0 Å². The van der Waals surface area contributed by atoms with Crippen LogP contribution in [0.15, 0.2) is 65.8 Å². The van der Waals surface area contributed by atoms with Crippen molar-refractivity contribution < 1.29 is 9.53 Å². The van der Waals surface area contributed by atoms with Gasteiger partial charge in [-0.3, -0.25) is 15.0 Å². The number of carbonyl (C=O) groups excluding carboxylic acids is 1. The fourth-order valence-electron chi connectivity index (χ4n) is 2.89. The third kappa shape index (κ3) is 3.86. The Hall–Kier alpha value is -3.94. The van der Waals surface area contributed by atoms with Gasteiger partial charge in [0, 0.05) is 0 Å². The van der Waals surface area contributed by atoms with Crippen LogP contribution in [0.2, 0.25) is 0 Å². The Bertz CT molecular complexity index is 1240. The van der Waals surface area contributed by atoms with Crippen molar-refractivity contribution in [1.29, 1.82) is 0 Å². The van der Waals surface area contributed by atoms with Gasteiger partial charge >= 0.3 is 0 Å². The summed E-state index contributed by atoms with van der Waals surface area (Å²) in [5, 5.41) is 4.56. The molecule has 0 aliphatic carbocycles. The second kappa shape index (κ2) is 7.59. The van der Waals surface area contributed by atoms with E-state index in [9.17, 15) is 9.59 Å². The molecule has 0 unspecified atom stereocenters. The second-order valence-electron chi connectivity index (χ2n) is 6.69. The summed E-state index contributed by atoms with van der Waals surface area (Å²) in [5.74, 6) is 0.112. The fourth-order valence-corrected chi connectivity index (χ4v) is 2.89. The van der Waals surface area contributed by atoms with Crippen molar-refractivity contribution in [2.24, 2.45) is 0 Å². The lowest BCUT2D eigenvalue weighted by molar-refractivity contribution is -0.119. The summed E-state index contributed by atoms with van der Waals surface area (Å²) in [4.78, 5) is 29.2. The molecule has 0 aliphatic rings. The average Bonchev–Trinajstić information content (AvgIpc) is 3.14. The predicted octanol–water partition coefficient (Wildman–Crippen LogP) is 2.35. The van der Waals surface area contributed by atoms with E-state index in [0.717, 1.165) is 21.5 Å². The van der Waals surface area contributed by atoms with Crippen LogP contribution in [0.3, 0.4) is 0 Å². The number of carbonyl (C=O) groups is 1. The first-order valence-corrected chi connectivity index (χ1v) is 9.03. The molecule has 0 saturated heterocycles. The molecule has 0 fully saturated rings. The van der Waals surface area contributed by atoms with Crippen LogP contribution in [0.25, 0.3) is 16.7 Å². The van der Waals surface area contributed by atoms with Gasteiger partial charge in [0.25, 0.3) is 11.5 Å². The highest BCUT2D eigenvalue weighted by atomic mass is 16.5. The molecule has 4 aromatic rings. The molecular weight excluding hydrogens is 370 g/mol. The molecule has 1 amide bonds. The maximum atomic E-state index is 12.7. The maximum absolute atomic E-state index is 12.7. The molecule has 2 heterocycles. The average molecular weight is 389 g/mol. The second-order valence-corrected chi connectivity index (χ2v) is 6.69. The lowest BCUT2D eigenvalue weighted by Crippen LogP contribution is -2.35. The molecule has 146 valence electrons. The third-order valence-corrected chi connectivity index (χ3v) is 4.37. The minimum Gasteiger partial charge on any atom is -0.484 e. The zero-order valence-corrected chi connectivity index (χ0v) is 16.0. The van der Waals surface area contributed by atoms with Crippen molar-refractivity contribution in [3.05, 3.63) is 82.5 Å². The molecule has 1 N–H and O–H groups in total. The molecule has 0 spiro atoms. The number of fused-ring (bicyclic) bond motifs is 1. The molecule has 0 radical (unpaired) electrons. The van der Waals surface area contributed by atoms with E-state index < -0.39 is 11.5 Å². The smallest absolute Gasteiger partial charge is 0.283 e. The Morgan fingerprint density at radius 3 is 2.66 bits per heavy atom. The quantitative estimate of drug-likeness (QED) is 0.566. The van der Waals surface area contributed by atoms with Crippen molar-refractivity contribution in [2.75, 3.05) is 12.0 Å². The van der Waals surface area contributed by atoms with Gasteiger partial charge in [-0.2, -0.15) is 5.10 Å². The lowest BCUT2D eigenvalue weighted by Gasteiger charge is -2.09. The molecule has 0 aliphatic heterocycles. The standard InChI is InChI=1S/C21H19N5O3/c1-14-6-8-16(9-7-14)26-20-18(11-23-26)21(28)25(13-22-20)24-19(27)12-29-17-5-3-4-15(2)10-17/h3-11,13H,12H2,1-2H3,(H,24,27). The van der Waals surface area contributed by atoms with Gasteiger partial charge < -0.3 is 4.74 Å². The first kappa shape index (κ1) is 18.4. The molecule has 2 aromatic heterocycles. The first-order chi connectivity index (χ1) is 14.0. The van der Waals surface area contributed by atoms with E-state index in [1.165, 1.54) is 12.5 Å². The maximum Gasteiger partial charge on any atom is 0.283 e. The van der Waals surface area contributed by atoms with Crippen LogP contribution in [0, 0.1) is 13.8 Å². The van der Waals surface area contributed by atoms with E-state index in [2.05, 4.69) is 15.5 Å². The highest BCUT2D eigenvalue weighted by molar-refractivity contribution is 5.85. The van der Waals surface area contributed by atoms with Crippen molar-refractivity contribution in [1.82, 2.24) is 19.4 Å². The molecule has 2 aromatic carbocycles. The summed E-state index contributed by atoms with van der Waals surface area (Å²) in [6.45, 7) is 3.70. The number of nitrogens with zero attached hydrogens (tertiary/aromatic N) is 4. The number of hydrogen-bond acceptors (Lipinski definition) is 5. The van der Waals surface area contributed by atoms with Crippen LogP contribution in [-0.2, 0) is 4.79 Å². The highest BCUT2D eigenvalue weighted by Gasteiger charge is 2.13. The van der Waals surface area contributed by atoms with Gasteiger partial charge in [0.15, 0.2) is 12.3 Å². The first-order valence-electron chi connectivity index (χ1n) is 9.03. The Morgan fingerprint density at radius 1 is 1.10 bits per heavy atom. The normalized spacial score (nSPS) is 10.8. The van der Waals surface area contributed by atoms with Crippen molar-refractivity contribution in [2.45, 2.75) is 13.8 Å². The summed E-state index contributed by atoms with van der Waals surface area (Å²) in [7, 11) is 0. The number of nitrogens with one attached hydrogen (secondary N) is 1. The van der Waals surface area contributed by atoms with E-state index in [4.69, 9.17) is 4.74 Å². The number of aromatic nitrogens is 4. The number of benzene rings is 2. The molecule has 8 heteroatoms. The summed E-state index contributed by atoms with van der Waals surface area (Å²) in [5.41, 5.74) is 5.43. The number of amides is 1. The summed E-state index contributed by atoms with van der Waals surface area (Å²) in [6, 6.07) is 15.1. The van der Waals surface area contributed by atoms with Gasteiger partial charge in [0.1, 0.15) is 17.5 Å². The lowest BCUT2D eigenvalue weighted by atomic mass is 10.2. The monoisotopic (exact) mass is 389 g/mol. The molecule has 4 rings (SSSR count). The summed E-state index contributed by atoms with van der Waals surface area (Å²) < 4.78 is 8.08. The van der Waals surface area contributed by atoms with E-state index in [-0.39, 0.29) is 6.61 Å².